The van der Waals surface area contributed by atoms with Gasteiger partial charge in [0.05, 0.1) is 0 Å². The molecule has 1 fully saturated rings. The van der Waals surface area contributed by atoms with Crippen molar-refractivity contribution in [2.45, 2.75) is 25.4 Å². The van der Waals surface area contributed by atoms with Crippen LogP contribution in [0.4, 0.5) is 4.79 Å². The second kappa shape index (κ2) is 9.19. The van der Waals surface area contributed by atoms with Crippen LogP contribution in [0.2, 0.25) is 0 Å². The lowest BCUT2D eigenvalue weighted by molar-refractivity contribution is -0.128. The van der Waals surface area contributed by atoms with E-state index in [1.54, 1.807) is 0 Å². The summed E-state index contributed by atoms with van der Waals surface area (Å²) in [5.74, 6) is -0.212. The number of benzene rings is 2. The lowest BCUT2D eigenvalue weighted by Gasteiger charge is -2.34. The first-order chi connectivity index (χ1) is 13.2. The molecule has 3 N–H and O–H groups in total. The van der Waals surface area contributed by atoms with E-state index >= 15 is 0 Å². The zero-order chi connectivity index (χ0) is 19.1. The minimum Gasteiger partial charge on any atom is -0.396 e. The van der Waals surface area contributed by atoms with Gasteiger partial charge in [-0.3, -0.25) is 4.79 Å². The van der Waals surface area contributed by atoms with E-state index in [0.717, 1.165) is 12.0 Å². The van der Waals surface area contributed by atoms with Crippen molar-refractivity contribution in [2.75, 3.05) is 19.7 Å². The predicted molar refractivity (Wildman–Crippen MR) is 103 cm³/mol. The highest BCUT2D eigenvalue weighted by molar-refractivity contribution is 5.88. The predicted octanol–water partition coefficient (Wildman–Crippen LogP) is 1.67. The Hall–Kier alpha value is -2.86. The number of hydrogen-bond donors (Lipinski definition) is 3. The fourth-order valence-corrected chi connectivity index (χ4v) is 3.25. The second-order valence-electron chi connectivity index (χ2n) is 6.65. The third kappa shape index (κ3) is 5.08. The highest BCUT2D eigenvalue weighted by Crippen LogP contribution is 2.12. The monoisotopic (exact) mass is 367 g/mol. The molecule has 142 valence electrons. The molecule has 0 bridgehead atoms. The summed E-state index contributed by atoms with van der Waals surface area (Å²) in [5, 5.41) is 14.7. The number of rotatable bonds is 6. The molecule has 0 aliphatic carbocycles. The fourth-order valence-electron chi connectivity index (χ4n) is 3.25. The Morgan fingerprint density at radius 1 is 1.07 bits per heavy atom. The van der Waals surface area contributed by atoms with Crippen molar-refractivity contribution in [3.8, 4) is 0 Å². The van der Waals surface area contributed by atoms with Crippen LogP contribution in [0.25, 0.3) is 0 Å². The Balaban J connectivity index is 1.54. The molecule has 0 spiro atoms. The van der Waals surface area contributed by atoms with Gasteiger partial charge in [-0.1, -0.05) is 54.6 Å². The molecule has 6 nitrogen and oxygen atoms in total. The Morgan fingerprint density at radius 3 is 2.44 bits per heavy atom. The van der Waals surface area contributed by atoms with Gasteiger partial charge in [-0.05, 0) is 29.5 Å². The molecule has 0 radical (unpaired) electrons. The number of carbonyl (C=O) groups is 2. The normalized spacial score (nSPS) is 16.7. The minimum absolute atomic E-state index is 0.134. The molecule has 1 unspecified atom stereocenters. The summed E-state index contributed by atoms with van der Waals surface area (Å²) >= 11 is 0. The molecule has 1 saturated heterocycles. The summed E-state index contributed by atoms with van der Waals surface area (Å²) in [5.41, 5.74) is 3.48. The number of aliphatic hydroxyl groups is 1. The molecule has 0 saturated carbocycles. The van der Waals surface area contributed by atoms with Crippen LogP contribution in [0, 0.1) is 0 Å². The van der Waals surface area contributed by atoms with Crippen molar-refractivity contribution in [3.05, 3.63) is 71.3 Å². The van der Waals surface area contributed by atoms with E-state index in [1.807, 2.05) is 30.3 Å². The summed E-state index contributed by atoms with van der Waals surface area (Å²) in [7, 11) is 0. The first-order valence-corrected chi connectivity index (χ1v) is 9.22. The summed E-state index contributed by atoms with van der Waals surface area (Å²) in [6, 6.07) is 17.5. The second-order valence-corrected chi connectivity index (χ2v) is 6.65. The van der Waals surface area contributed by atoms with Gasteiger partial charge in [0.25, 0.3) is 0 Å². The maximum atomic E-state index is 12.5. The first kappa shape index (κ1) is 18.9. The zero-order valence-electron chi connectivity index (χ0n) is 15.2. The van der Waals surface area contributed by atoms with Crippen molar-refractivity contribution in [2.24, 2.45) is 0 Å². The van der Waals surface area contributed by atoms with Crippen molar-refractivity contribution in [3.63, 3.8) is 0 Å². The van der Waals surface area contributed by atoms with E-state index in [2.05, 4.69) is 34.9 Å². The first-order valence-electron chi connectivity index (χ1n) is 9.22. The van der Waals surface area contributed by atoms with E-state index < -0.39 is 6.04 Å². The Bertz CT molecular complexity index is 762. The number of hydrogen-bond acceptors (Lipinski definition) is 3. The van der Waals surface area contributed by atoms with Crippen LogP contribution in [-0.4, -0.2) is 47.7 Å². The summed E-state index contributed by atoms with van der Waals surface area (Å²) in [6.45, 7) is 1.14. The molecule has 3 rings (SSSR count). The number of nitrogens with one attached hydrogen (secondary N) is 2. The van der Waals surface area contributed by atoms with Crippen molar-refractivity contribution in [1.82, 2.24) is 15.5 Å². The maximum Gasteiger partial charge on any atom is 0.318 e. The molecule has 1 aliphatic heterocycles. The van der Waals surface area contributed by atoms with Crippen molar-refractivity contribution in [1.29, 1.82) is 0 Å². The van der Waals surface area contributed by atoms with Crippen LogP contribution in [-0.2, 0) is 17.8 Å². The average molecular weight is 367 g/mol. The van der Waals surface area contributed by atoms with Crippen LogP contribution < -0.4 is 10.6 Å². The number of amides is 3. The van der Waals surface area contributed by atoms with E-state index in [1.165, 1.54) is 16.0 Å². The Labute approximate surface area is 159 Å². The maximum absolute atomic E-state index is 12.5. The quantitative estimate of drug-likeness (QED) is 0.726. The van der Waals surface area contributed by atoms with Gasteiger partial charge in [0.1, 0.15) is 6.04 Å². The number of aliphatic hydroxyl groups excluding tert-OH is 1. The average Bonchev–Trinajstić information content (AvgIpc) is 2.70. The minimum atomic E-state index is -0.614. The topological polar surface area (TPSA) is 81.7 Å². The number of urea groups is 1. The summed E-state index contributed by atoms with van der Waals surface area (Å²) < 4.78 is 0. The molecule has 1 atom stereocenters. The third-order valence-corrected chi connectivity index (χ3v) is 4.71. The van der Waals surface area contributed by atoms with Crippen molar-refractivity contribution < 1.29 is 14.7 Å². The van der Waals surface area contributed by atoms with Gasteiger partial charge in [0, 0.05) is 26.2 Å². The molecule has 2 aromatic rings. The molecular weight excluding hydrogens is 342 g/mol. The molecule has 1 heterocycles. The van der Waals surface area contributed by atoms with Crippen LogP contribution >= 0.6 is 0 Å². The molecule has 27 heavy (non-hydrogen) atoms. The van der Waals surface area contributed by atoms with Crippen LogP contribution in [0.5, 0.6) is 0 Å². The zero-order valence-corrected chi connectivity index (χ0v) is 15.2. The lowest BCUT2D eigenvalue weighted by atomic mass is 10.0. The Kier molecular flexibility index (Phi) is 6.44. The largest absolute Gasteiger partial charge is 0.396 e. The highest BCUT2D eigenvalue weighted by atomic mass is 16.3. The van der Waals surface area contributed by atoms with Gasteiger partial charge in [-0.15, -0.1) is 0 Å². The molecule has 1 aliphatic rings. The van der Waals surface area contributed by atoms with Gasteiger partial charge in [0.2, 0.25) is 5.91 Å². The van der Waals surface area contributed by atoms with Crippen LogP contribution in [0.15, 0.2) is 54.6 Å². The molecular formula is C21H25N3O3. The lowest BCUT2D eigenvalue weighted by Crippen LogP contribution is -2.59. The van der Waals surface area contributed by atoms with Gasteiger partial charge >= 0.3 is 6.03 Å². The third-order valence-electron chi connectivity index (χ3n) is 4.71. The Morgan fingerprint density at radius 2 is 1.74 bits per heavy atom. The molecule has 0 aromatic heterocycles. The van der Waals surface area contributed by atoms with Gasteiger partial charge in [-0.2, -0.15) is 0 Å². The molecule has 2 aromatic carbocycles. The number of carbonyl (C=O) groups excluding carboxylic acids is 2. The molecule has 6 heteroatoms. The van der Waals surface area contributed by atoms with Gasteiger partial charge in [0.15, 0.2) is 0 Å². The fraction of sp³-hybridized carbons (Fsp3) is 0.333. The number of piperazine rings is 1. The summed E-state index contributed by atoms with van der Waals surface area (Å²) in [6.07, 6.45) is 1.12. The van der Waals surface area contributed by atoms with Gasteiger partial charge < -0.3 is 20.6 Å². The van der Waals surface area contributed by atoms with Crippen LogP contribution in [0.3, 0.4) is 0 Å². The molecule has 3 amide bonds. The summed E-state index contributed by atoms with van der Waals surface area (Å²) in [4.78, 5) is 25.9. The SMILES string of the molecule is O=C1NCCN(C(=O)NCc2ccc(Cc3ccccc3)cc2)C1CCO. The van der Waals surface area contributed by atoms with Crippen LogP contribution in [0.1, 0.15) is 23.1 Å². The van der Waals surface area contributed by atoms with Gasteiger partial charge in [-0.25, -0.2) is 4.79 Å². The number of nitrogens with zero attached hydrogens (tertiary/aromatic N) is 1. The highest BCUT2D eigenvalue weighted by Gasteiger charge is 2.32. The standard InChI is InChI=1S/C21H25N3O3/c25-13-10-19-20(26)22-11-12-24(19)21(27)23-15-18-8-6-17(7-9-18)14-16-4-2-1-3-5-16/h1-9,19,25H,10-15H2,(H,22,26)(H,23,27). The van der Waals surface area contributed by atoms with E-state index in [0.29, 0.717) is 19.6 Å². The van der Waals surface area contributed by atoms with E-state index in [9.17, 15) is 9.59 Å². The smallest absolute Gasteiger partial charge is 0.318 e. The van der Waals surface area contributed by atoms with E-state index in [-0.39, 0.29) is 25.0 Å². The van der Waals surface area contributed by atoms with Crippen molar-refractivity contribution >= 4 is 11.9 Å². The van der Waals surface area contributed by atoms with E-state index in [4.69, 9.17) is 5.11 Å².